The fraction of sp³-hybridized carbons (Fsp3) is 0.791. The van der Waals surface area contributed by atoms with Gasteiger partial charge in [-0.3, -0.25) is 9.98 Å². The molecule has 1 saturated carbocycles. The third-order valence-corrected chi connectivity index (χ3v) is 17.4. The van der Waals surface area contributed by atoms with E-state index in [4.69, 9.17) is 9.98 Å². The first kappa shape index (κ1) is 65.5. The Morgan fingerprint density at radius 3 is 1.28 bits per heavy atom. The standard InChI is InChI=1S/C67H119N5O2/c1-13-21-34-60(32-19-7)71(44-25-17-5)46-30-40-67(12,41-31-47-72(45-26-18-6)61(33-20-8)35-22-14-2)59-49-55(10)65(74)57(51-59)53-70-63-37-28-27-36-62(63)69-52-56-50-58(48-54(9)64(56)73)66(11,38-23-15-3)39-29-43-68-42-24-16-4/h48-53,60-63,68,73-74H,13-47H2,1-12H3/b69-52+,70-53+/t60?,61?,62-,63-,66?,67?/m1/s1. The molecule has 2 aromatic carbocycles. The zero-order valence-electron chi connectivity index (χ0n) is 50.7. The molecule has 0 saturated heterocycles. The van der Waals surface area contributed by atoms with Crippen LogP contribution in [0.2, 0.25) is 0 Å². The van der Waals surface area contributed by atoms with Gasteiger partial charge >= 0.3 is 0 Å². The van der Waals surface area contributed by atoms with Gasteiger partial charge in [0.15, 0.2) is 0 Å². The maximum atomic E-state index is 11.8. The quantitative estimate of drug-likeness (QED) is 0.0456. The maximum absolute atomic E-state index is 11.8. The highest BCUT2D eigenvalue weighted by molar-refractivity contribution is 5.86. The number of aryl methyl sites for hydroxylation is 2. The fourth-order valence-electron chi connectivity index (χ4n) is 12.3. The van der Waals surface area contributed by atoms with Crippen LogP contribution in [0.25, 0.3) is 0 Å². The molecule has 0 aromatic heterocycles. The van der Waals surface area contributed by atoms with E-state index in [1.54, 1.807) is 0 Å². The molecule has 3 N–H and O–H groups in total. The molecule has 0 spiro atoms. The van der Waals surface area contributed by atoms with Crippen LogP contribution in [0.5, 0.6) is 11.5 Å². The third kappa shape index (κ3) is 22.3. The Morgan fingerprint density at radius 1 is 0.500 bits per heavy atom. The molecule has 1 fully saturated rings. The van der Waals surface area contributed by atoms with Crippen LogP contribution >= 0.6 is 0 Å². The van der Waals surface area contributed by atoms with Gasteiger partial charge in [0.05, 0.1) is 12.1 Å². The van der Waals surface area contributed by atoms with E-state index < -0.39 is 0 Å². The van der Waals surface area contributed by atoms with E-state index in [0.717, 1.165) is 106 Å². The van der Waals surface area contributed by atoms with Crippen molar-refractivity contribution >= 4 is 12.4 Å². The van der Waals surface area contributed by atoms with Gasteiger partial charge in [0, 0.05) is 35.6 Å². The highest BCUT2D eigenvalue weighted by Gasteiger charge is 2.31. The van der Waals surface area contributed by atoms with Gasteiger partial charge in [0.1, 0.15) is 11.5 Å². The van der Waals surface area contributed by atoms with Crippen molar-refractivity contribution in [3.63, 3.8) is 0 Å². The summed E-state index contributed by atoms with van der Waals surface area (Å²) in [5.74, 6) is 0.688. The van der Waals surface area contributed by atoms with Gasteiger partial charge in [0.2, 0.25) is 0 Å². The Labute approximate surface area is 458 Å². The molecule has 7 nitrogen and oxygen atoms in total. The van der Waals surface area contributed by atoms with Crippen LogP contribution < -0.4 is 5.32 Å². The molecule has 0 heterocycles. The summed E-state index contributed by atoms with van der Waals surface area (Å²) in [6.07, 6.45) is 38.9. The summed E-state index contributed by atoms with van der Waals surface area (Å²) in [5, 5.41) is 26.9. The lowest BCUT2D eigenvalue weighted by Gasteiger charge is -2.37. The molecule has 0 aliphatic heterocycles. The molecular weight excluding hydrogens is 907 g/mol. The van der Waals surface area contributed by atoms with Crippen molar-refractivity contribution in [3.05, 3.63) is 57.6 Å². The molecule has 424 valence electrons. The summed E-state index contributed by atoms with van der Waals surface area (Å²) in [6, 6.07) is 10.5. The second kappa shape index (κ2) is 37.1. The van der Waals surface area contributed by atoms with Crippen LogP contribution in [0.3, 0.4) is 0 Å². The van der Waals surface area contributed by atoms with Crippen molar-refractivity contribution in [1.29, 1.82) is 0 Å². The largest absolute Gasteiger partial charge is 0.507 e. The normalized spacial score (nSPS) is 18.0. The third-order valence-electron chi connectivity index (χ3n) is 17.4. The topological polar surface area (TPSA) is 83.7 Å². The van der Waals surface area contributed by atoms with Crippen LogP contribution in [-0.4, -0.2) is 95.9 Å². The lowest BCUT2D eigenvalue weighted by atomic mass is 9.74. The first-order valence-electron chi connectivity index (χ1n) is 31.7. The second-order valence-electron chi connectivity index (χ2n) is 24.0. The first-order valence-corrected chi connectivity index (χ1v) is 31.7. The number of rotatable bonds is 42. The van der Waals surface area contributed by atoms with Gasteiger partial charge in [-0.05, 0) is 201 Å². The zero-order chi connectivity index (χ0) is 54.2. The molecule has 7 heteroatoms. The number of hydrogen-bond donors (Lipinski definition) is 3. The maximum Gasteiger partial charge on any atom is 0.127 e. The number of phenolic OH excluding ortho intramolecular Hbond substituents is 2. The fourth-order valence-corrected chi connectivity index (χ4v) is 12.3. The summed E-state index contributed by atoms with van der Waals surface area (Å²) in [5.41, 5.74) is 6.19. The summed E-state index contributed by atoms with van der Waals surface area (Å²) >= 11 is 0. The van der Waals surface area contributed by atoms with Crippen molar-refractivity contribution < 1.29 is 10.2 Å². The summed E-state index contributed by atoms with van der Waals surface area (Å²) in [6.45, 7) is 34.6. The minimum atomic E-state index is -0.0360. The molecule has 0 radical (unpaired) electrons. The SMILES string of the molecule is CCCCNCCCC(C)(CCCC)c1cc(C)c(O)c(/C=N/[C@@H]2CCCC[C@H]2/N=C/c2cc(C(C)(CCCN(CCCC)C(CCC)CCCC)CCCN(CCCC)C(CCC)CCCC)cc(C)c2O)c1. The number of phenols is 2. The van der Waals surface area contributed by atoms with E-state index in [9.17, 15) is 10.2 Å². The molecular formula is C67H119N5O2. The molecule has 0 bridgehead atoms. The van der Waals surface area contributed by atoms with E-state index in [0.29, 0.717) is 23.6 Å². The number of hydrogen-bond acceptors (Lipinski definition) is 7. The van der Waals surface area contributed by atoms with Crippen LogP contribution in [-0.2, 0) is 10.8 Å². The van der Waals surface area contributed by atoms with Gasteiger partial charge in [-0.2, -0.15) is 0 Å². The smallest absolute Gasteiger partial charge is 0.127 e. The first-order chi connectivity index (χ1) is 35.8. The summed E-state index contributed by atoms with van der Waals surface area (Å²) in [7, 11) is 0. The zero-order valence-corrected chi connectivity index (χ0v) is 50.7. The van der Waals surface area contributed by atoms with Gasteiger partial charge in [-0.1, -0.05) is 165 Å². The minimum absolute atomic E-state index is 0.0203. The number of aliphatic imine (C=N–C) groups is 2. The Bertz CT molecular complexity index is 1810. The van der Waals surface area contributed by atoms with Crippen molar-refractivity contribution in [1.82, 2.24) is 15.1 Å². The average molecular weight is 1030 g/mol. The van der Waals surface area contributed by atoms with E-state index in [1.807, 2.05) is 19.4 Å². The van der Waals surface area contributed by atoms with E-state index in [1.165, 1.54) is 153 Å². The van der Waals surface area contributed by atoms with Crippen molar-refractivity contribution in [2.45, 2.75) is 304 Å². The molecule has 3 rings (SSSR count). The predicted octanol–water partition coefficient (Wildman–Crippen LogP) is 17.9. The number of aromatic hydroxyl groups is 2. The van der Waals surface area contributed by atoms with Crippen molar-refractivity contribution in [2.24, 2.45) is 9.98 Å². The van der Waals surface area contributed by atoms with Crippen molar-refractivity contribution in [2.75, 3.05) is 39.3 Å². The summed E-state index contributed by atoms with van der Waals surface area (Å²) in [4.78, 5) is 16.4. The Morgan fingerprint density at radius 2 is 0.878 bits per heavy atom. The Balaban J connectivity index is 2.00. The number of nitrogens with one attached hydrogen (secondary N) is 1. The van der Waals surface area contributed by atoms with Gasteiger partial charge in [-0.25, -0.2) is 0 Å². The number of benzene rings is 2. The van der Waals surface area contributed by atoms with Gasteiger partial charge in [-0.15, -0.1) is 0 Å². The Hall–Kier alpha value is -2.74. The molecule has 3 unspecified atom stereocenters. The molecule has 5 atom stereocenters. The second-order valence-corrected chi connectivity index (χ2v) is 24.0. The monoisotopic (exact) mass is 1030 g/mol. The molecule has 74 heavy (non-hydrogen) atoms. The molecule has 0 amide bonds. The number of nitrogens with zero attached hydrogens (tertiary/aromatic N) is 4. The summed E-state index contributed by atoms with van der Waals surface area (Å²) < 4.78 is 0. The molecule has 1 aliphatic carbocycles. The van der Waals surface area contributed by atoms with Crippen LogP contribution in [0.4, 0.5) is 0 Å². The minimum Gasteiger partial charge on any atom is -0.507 e. The van der Waals surface area contributed by atoms with Crippen LogP contribution in [0.15, 0.2) is 34.3 Å². The van der Waals surface area contributed by atoms with Gasteiger partial charge < -0.3 is 25.3 Å². The van der Waals surface area contributed by atoms with Crippen molar-refractivity contribution in [3.8, 4) is 11.5 Å². The van der Waals surface area contributed by atoms with E-state index in [2.05, 4.69) is 116 Å². The highest BCUT2D eigenvalue weighted by Crippen LogP contribution is 2.40. The number of unbranched alkanes of at least 4 members (excludes halogenated alkanes) is 6. The lowest BCUT2D eigenvalue weighted by Crippen LogP contribution is -2.38. The van der Waals surface area contributed by atoms with E-state index in [-0.39, 0.29) is 22.9 Å². The molecule has 1 aliphatic rings. The average Bonchev–Trinajstić information content (AvgIpc) is 3.39. The van der Waals surface area contributed by atoms with Gasteiger partial charge in [0.25, 0.3) is 0 Å². The van der Waals surface area contributed by atoms with Crippen LogP contribution in [0.1, 0.15) is 289 Å². The predicted molar refractivity (Wildman–Crippen MR) is 326 cm³/mol. The molecule has 2 aromatic rings. The lowest BCUT2D eigenvalue weighted by molar-refractivity contribution is 0.155. The van der Waals surface area contributed by atoms with Crippen LogP contribution in [0, 0.1) is 13.8 Å². The van der Waals surface area contributed by atoms with E-state index >= 15 is 0 Å². The Kier molecular flexibility index (Phi) is 32.9. The highest BCUT2D eigenvalue weighted by atomic mass is 16.3.